The molecule has 5 heteroatoms. The van der Waals surface area contributed by atoms with E-state index >= 15 is 0 Å². The summed E-state index contributed by atoms with van der Waals surface area (Å²) < 4.78 is 1.78. The van der Waals surface area contributed by atoms with E-state index in [0.717, 1.165) is 29.5 Å². The van der Waals surface area contributed by atoms with Gasteiger partial charge in [-0.15, -0.1) is 0 Å². The third kappa shape index (κ3) is 2.07. The van der Waals surface area contributed by atoms with Crippen molar-refractivity contribution in [3.8, 4) is 5.82 Å². The number of rotatable bonds is 2. The first-order chi connectivity index (χ1) is 7.60. The molecule has 0 fully saturated rings. The van der Waals surface area contributed by atoms with E-state index in [1.807, 2.05) is 26.8 Å². The van der Waals surface area contributed by atoms with Crippen LogP contribution in [-0.2, 0) is 6.42 Å². The van der Waals surface area contributed by atoms with Crippen molar-refractivity contribution in [1.29, 1.82) is 0 Å². The second-order valence-electron chi connectivity index (χ2n) is 3.66. The Morgan fingerprint density at radius 2 is 2.00 bits per heavy atom. The third-order valence-corrected chi connectivity index (χ3v) is 2.46. The van der Waals surface area contributed by atoms with Crippen LogP contribution in [0.4, 0.5) is 0 Å². The minimum Gasteiger partial charge on any atom is -0.221 e. The Balaban J connectivity index is 2.55. The molecule has 2 heterocycles. The van der Waals surface area contributed by atoms with Crippen molar-refractivity contribution in [3.05, 3.63) is 34.5 Å². The van der Waals surface area contributed by atoms with Gasteiger partial charge in [-0.1, -0.05) is 18.5 Å². The largest absolute Gasteiger partial charge is 0.221 e. The first-order valence-electron chi connectivity index (χ1n) is 5.17. The van der Waals surface area contributed by atoms with Crippen LogP contribution >= 0.6 is 11.6 Å². The van der Waals surface area contributed by atoms with Crippen LogP contribution in [0.2, 0.25) is 5.15 Å². The van der Waals surface area contributed by atoms with Gasteiger partial charge in [0.2, 0.25) is 0 Å². The van der Waals surface area contributed by atoms with Crippen molar-refractivity contribution in [2.75, 3.05) is 0 Å². The summed E-state index contributed by atoms with van der Waals surface area (Å²) in [5.41, 5.74) is 2.00. The Kier molecular flexibility index (Phi) is 2.92. The summed E-state index contributed by atoms with van der Waals surface area (Å²) in [4.78, 5) is 8.53. The predicted octanol–water partition coefficient (Wildman–Crippen LogP) is 2.49. The van der Waals surface area contributed by atoms with Crippen LogP contribution in [0.1, 0.15) is 24.1 Å². The fraction of sp³-hybridized carbons (Fsp3) is 0.364. The summed E-state index contributed by atoms with van der Waals surface area (Å²) in [5.74, 6) is 1.46. The van der Waals surface area contributed by atoms with Crippen molar-refractivity contribution in [1.82, 2.24) is 19.7 Å². The molecule has 4 nitrogen and oxygen atoms in total. The molecule has 2 aromatic heterocycles. The first-order valence-corrected chi connectivity index (χ1v) is 5.55. The van der Waals surface area contributed by atoms with Crippen LogP contribution in [0.15, 0.2) is 12.1 Å². The van der Waals surface area contributed by atoms with Crippen molar-refractivity contribution < 1.29 is 0 Å². The molecule has 0 radical (unpaired) electrons. The Morgan fingerprint density at radius 1 is 1.25 bits per heavy atom. The SMILES string of the molecule is CCc1nc(Cl)cc(-n2nc(C)cc2C)n1. The number of hydrogen-bond donors (Lipinski definition) is 0. The highest BCUT2D eigenvalue weighted by molar-refractivity contribution is 6.29. The monoisotopic (exact) mass is 236 g/mol. The molecule has 0 N–H and O–H groups in total. The summed E-state index contributed by atoms with van der Waals surface area (Å²) >= 11 is 5.95. The Bertz CT molecular complexity index is 519. The topological polar surface area (TPSA) is 43.6 Å². The Labute approximate surface area is 99.3 Å². The average molecular weight is 237 g/mol. The lowest BCUT2D eigenvalue weighted by Gasteiger charge is -2.05. The molecule has 0 amide bonds. The maximum Gasteiger partial charge on any atom is 0.158 e. The zero-order chi connectivity index (χ0) is 11.7. The normalized spacial score (nSPS) is 10.8. The molecule has 0 atom stereocenters. The van der Waals surface area contributed by atoms with Gasteiger partial charge in [0, 0.05) is 18.2 Å². The molecule has 84 valence electrons. The third-order valence-electron chi connectivity index (χ3n) is 2.27. The molecule has 2 rings (SSSR count). The van der Waals surface area contributed by atoms with E-state index < -0.39 is 0 Å². The van der Waals surface area contributed by atoms with Gasteiger partial charge in [-0.05, 0) is 19.9 Å². The van der Waals surface area contributed by atoms with Crippen LogP contribution in [0.3, 0.4) is 0 Å². The zero-order valence-electron chi connectivity index (χ0n) is 9.53. The number of aryl methyl sites for hydroxylation is 3. The molecular formula is C11H13ClN4. The van der Waals surface area contributed by atoms with Gasteiger partial charge < -0.3 is 0 Å². The van der Waals surface area contributed by atoms with Gasteiger partial charge in [0.05, 0.1) is 5.69 Å². The zero-order valence-corrected chi connectivity index (χ0v) is 10.3. The van der Waals surface area contributed by atoms with Gasteiger partial charge in [-0.25, -0.2) is 14.6 Å². The smallest absolute Gasteiger partial charge is 0.158 e. The highest BCUT2D eigenvalue weighted by atomic mass is 35.5. The van der Waals surface area contributed by atoms with E-state index in [2.05, 4.69) is 15.1 Å². The van der Waals surface area contributed by atoms with Crippen molar-refractivity contribution in [2.24, 2.45) is 0 Å². The summed E-state index contributed by atoms with van der Waals surface area (Å²) in [5, 5.41) is 4.82. The van der Waals surface area contributed by atoms with Gasteiger partial charge >= 0.3 is 0 Å². The van der Waals surface area contributed by atoms with Crippen molar-refractivity contribution in [3.63, 3.8) is 0 Å². The predicted molar refractivity (Wildman–Crippen MR) is 63.0 cm³/mol. The summed E-state index contributed by atoms with van der Waals surface area (Å²) in [6.07, 6.45) is 0.757. The molecule has 0 aromatic carbocycles. The van der Waals surface area contributed by atoms with Crippen molar-refractivity contribution >= 4 is 11.6 Å². The Morgan fingerprint density at radius 3 is 2.56 bits per heavy atom. The van der Waals surface area contributed by atoms with Crippen LogP contribution in [0.25, 0.3) is 5.82 Å². The van der Waals surface area contributed by atoms with Gasteiger partial charge in [0.15, 0.2) is 5.82 Å². The number of nitrogens with zero attached hydrogens (tertiary/aromatic N) is 4. The maximum atomic E-state index is 5.95. The highest BCUT2D eigenvalue weighted by Gasteiger charge is 2.07. The fourth-order valence-electron chi connectivity index (χ4n) is 1.58. The second-order valence-corrected chi connectivity index (χ2v) is 4.04. The van der Waals surface area contributed by atoms with E-state index in [-0.39, 0.29) is 0 Å². The summed E-state index contributed by atoms with van der Waals surface area (Å²) in [6.45, 7) is 5.94. The number of halogens is 1. The molecule has 16 heavy (non-hydrogen) atoms. The van der Waals surface area contributed by atoms with Crippen LogP contribution in [0.5, 0.6) is 0 Å². The van der Waals surface area contributed by atoms with Crippen molar-refractivity contribution in [2.45, 2.75) is 27.2 Å². The lowest BCUT2D eigenvalue weighted by Crippen LogP contribution is -2.05. The van der Waals surface area contributed by atoms with E-state index in [1.54, 1.807) is 10.7 Å². The van der Waals surface area contributed by atoms with Crippen LogP contribution < -0.4 is 0 Å². The summed E-state index contributed by atoms with van der Waals surface area (Å²) in [7, 11) is 0. The van der Waals surface area contributed by atoms with Gasteiger partial charge in [-0.3, -0.25) is 0 Å². The first kappa shape index (κ1) is 11.1. The van der Waals surface area contributed by atoms with Gasteiger partial charge in [0.25, 0.3) is 0 Å². The molecule has 0 saturated heterocycles. The highest BCUT2D eigenvalue weighted by Crippen LogP contribution is 2.14. The van der Waals surface area contributed by atoms with E-state index in [9.17, 15) is 0 Å². The molecule has 0 aliphatic carbocycles. The molecule has 2 aromatic rings. The van der Waals surface area contributed by atoms with E-state index in [1.165, 1.54) is 0 Å². The van der Waals surface area contributed by atoms with Gasteiger partial charge in [-0.2, -0.15) is 5.10 Å². The van der Waals surface area contributed by atoms with E-state index in [4.69, 9.17) is 11.6 Å². The van der Waals surface area contributed by atoms with Crippen LogP contribution in [0, 0.1) is 13.8 Å². The molecule has 0 unspecified atom stereocenters. The molecule has 0 spiro atoms. The maximum absolute atomic E-state index is 5.95. The standard InChI is InChI=1S/C11H13ClN4/c1-4-10-13-9(12)6-11(14-10)16-8(3)5-7(2)15-16/h5-6H,4H2,1-3H3. The number of aromatic nitrogens is 4. The van der Waals surface area contributed by atoms with Gasteiger partial charge in [0.1, 0.15) is 11.0 Å². The summed E-state index contributed by atoms with van der Waals surface area (Å²) in [6, 6.07) is 3.72. The lowest BCUT2D eigenvalue weighted by atomic mass is 10.4. The number of hydrogen-bond acceptors (Lipinski definition) is 3. The second kappa shape index (κ2) is 4.22. The average Bonchev–Trinajstić information content (AvgIpc) is 2.57. The lowest BCUT2D eigenvalue weighted by molar-refractivity contribution is 0.783. The minimum atomic E-state index is 0.453. The van der Waals surface area contributed by atoms with Crippen LogP contribution in [-0.4, -0.2) is 19.7 Å². The molecular weight excluding hydrogens is 224 g/mol. The minimum absolute atomic E-state index is 0.453. The molecule has 0 aliphatic rings. The van der Waals surface area contributed by atoms with E-state index in [0.29, 0.717) is 5.15 Å². The molecule has 0 saturated carbocycles. The Hall–Kier alpha value is -1.42. The quantitative estimate of drug-likeness (QED) is 0.753. The fourth-order valence-corrected chi connectivity index (χ4v) is 1.77. The molecule has 0 aliphatic heterocycles. The molecule has 0 bridgehead atoms.